The summed E-state index contributed by atoms with van der Waals surface area (Å²) in [5.41, 5.74) is 1.92. The van der Waals surface area contributed by atoms with Crippen molar-refractivity contribution < 1.29 is 23.8 Å². The van der Waals surface area contributed by atoms with Gasteiger partial charge >= 0.3 is 5.97 Å². The van der Waals surface area contributed by atoms with Crippen molar-refractivity contribution in [1.29, 1.82) is 0 Å². The fourth-order valence-corrected chi connectivity index (χ4v) is 3.91. The van der Waals surface area contributed by atoms with Crippen LogP contribution in [0.25, 0.3) is 0 Å². The number of rotatable bonds is 5. The van der Waals surface area contributed by atoms with Crippen LogP contribution in [0, 0.1) is 0 Å². The van der Waals surface area contributed by atoms with Gasteiger partial charge in [0.05, 0.1) is 24.9 Å². The molecule has 0 aliphatic carbocycles. The maximum Gasteiger partial charge on any atom is 0.339 e. The normalized spacial score (nSPS) is 18.3. The molecule has 0 spiro atoms. The molecule has 4 rings (SSSR count). The van der Waals surface area contributed by atoms with Gasteiger partial charge in [-0.25, -0.2) is 4.79 Å². The average molecular weight is 396 g/mol. The van der Waals surface area contributed by atoms with Gasteiger partial charge in [0.2, 0.25) is 5.91 Å². The van der Waals surface area contributed by atoms with E-state index in [1.165, 1.54) is 7.11 Å². The first kappa shape index (κ1) is 19.3. The number of hydrogen-bond donors (Lipinski definition) is 1. The zero-order valence-corrected chi connectivity index (χ0v) is 16.3. The molecule has 0 unspecified atom stereocenters. The third-order valence-corrected chi connectivity index (χ3v) is 5.27. The zero-order valence-electron chi connectivity index (χ0n) is 16.3. The van der Waals surface area contributed by atoms with Gasteiger partial charge in [-0.05, 0) is 49.2 Å². The zero-order chi connectivity index (χ0) is 20.2. The van der Waals surface area contributed by atoms with Crippen molar-refractivity contribution in [2.24, 2.45) is 0 Å². The number of hydrogen-bond acceptors (Lipinski definition) is 6. The Morgan fingerprint density at radius 2 is 1.93 bits per heavy atom. The van der Waals surface area contributed by atoms with Crippen LogP contribution in [-0.2, 0) is 9.53 Å². The Kier molecular flexibility index (Phi) is 5.67. The molecule has 1 fully saturated rings. The Morgan fingerprint density at radius 3 is 2.76 bits per heavy atom. The highest BCUT2D eigenvalue weighted by atomic mass is 16.6. The number of methoxy groups -OCH3 is 1. The summed E-state index contributed by atoms with van der Waals surface area (Å²) < 4.78 is 16.1. The van der Waals surface area contributed by atoms with Crippen LogP contribution < -0.4 is 14.8 Å². The van der Waals surface area contributed by atoms with Crippen molar-refractivity contribution >= 4 is 17.6 Å². The number of anilines is 1. The van der Waals surface area contributed by atoms with E-state index in [9.17, 15) is 9.59 Å². The molecule has 7 heteroatoms. The van der Waals surface area contributed by atoms with Crippen LogP contribution >= 0.6 is 0 Å². The molecule has 0 aromatic heterocycles. The lowest BCUT2D eigenvalue weighted by atomic mass is 10.0. The van der Waals surface area contributed by atoms with Crippen LogP contribution in [0.3, 0.4) is 0 Å². The third kappa shape index (κ3) is 4.19. The van der Waals surface area contributed by atoms with E-state index in [4.69, 9.17) is 14.2 Å². The van der Waals surface area contributed by atoms with Gasteiger partial charge in [-0.1, -0.05) is 18.2 Å². The molecule has 1 amide bonds. The van der Waals surface area contributed by atoms with E-state index in [-0.39, 0.29) is 18.5 Å². The molecule has 152 valence electrons. The number of amides is 1. The van der Waals surface area contributed by atoms with E-state index in [0.717, 1.165) is 36.4 Å². The van der Waals surface area contributed by atoms with E-state index < -0.39 is 5.97 Å². The van der Waals surface area contributed by atoms with Gasteiger partial charge in [0, 0.05) is 6.04 Å². The minimum atomic E-state index is -0.476. The summed E-state index contributed by atoms with van der Waals surface area (Å²) in [7, 11) is 1.32. The molecule has 29 heavy (non-hydrogen) atoms. The van der Waals surface area contributed by atoms with Gasteiger partial charge in [-0.3, -0.25) is 9.69 Å². The number of fused-ring (bicyclic) bond motifs is 1. The second kappa shape index (κ2) is 8.53. The molecule has 2 aromatic rings. The summed E-state index contributed by atoms with van der Waals surface area (Å²) >= 11 is 0. The number of para-hydroxylation sites is 1. The van der Waals surface area contributed by atoms with Crippen LogP contribution in [0.2, 0.25) is 0 Å². The van der Waals surface area contributed by atoms with Crippen molar-refractivity contribution in [1.82, 2.24) is 4.90 Å². The van der Waals surface area contributed by atoms with Crippen molar-refractivity contribution in [2.45, 2.75) is 18.9 Å². The number of carbonyl (C=O) groups excluding carboxylic acids is 2. The van der Waals surface area contributed by atoms with E-state index >= 15 is 0 Å². The number of nitrogens with zero attached hydrogens (tertiary/aromatic N) is 1. The summed E-state index contributed by atoms with van der Waals surface area (Å²) in [4.78, 5) is 26.8. The largest absolute Gasteiger partial charge is 0.486 e. The van der Waals surface area contributed by atoms with E-state index in [0.29, 0.717) is 24.5 Å². The Labute approximate surface area is 169 Å². The molecule has 2 aliphatic heterocycles. The van der Waals surface area contributed by atoms with Crippen LogP contribution in [0.5, 0.6) is 11.5 Å². The summed E-state index contributed by atoms with van der Waals surface area (Å²) in [5.74, 6) is 0.890. The Bertz CT molecular complexity index is 914. The number of ether oxygens (including phenoxy) is 3. The van der Waals surface area contributed by atoms with E-state index in [1.54, 1.807) is 24.3 Å². The maximum atomic E-state index is 12.7. The molecular weight excluding hydrogens is 372 g/mol. The molecular formula is C22H24N2O5. The van der Waals surface area contributed by atoms with Crippen LogP contribution in [0.4, 0.5) is 5.69 Å². The van der Waals surface area contributed by atoms with Gasteiger partial charge in [-0.15, -0.1) is 0 Å². The highest BCUT2D eigenvalue weighted by molar-refractivity contribution is 6.01. The van der Waals surface area contributed by atoms with Gasteiger partial charge in [0.1, 0.15) is 13.2 Å². The minimum Gasteiger partial charge on any atom is -0.486 e. The smallest absolute Gasteiger partial charge is 0.339 e. The van der Waals surface area contributed by atoms with Crippen molar-refractivity contribution in [2.75, 3.05) is 38.7 Å². The maximum absolute atomic E-state index is 12.7. The quantitative estimate of drug-likeness (QED) is 0.783. The average Bonchev–Trinajstić information content (AvgIpc) is 3.21. The molecule has 0 bridgehead atoms. The number of benzene rings is 2. The molecule has 2 aliphatic rings. The van der Waals surface area contributed by atoms with Crippen LogP contribution in [0.15, 0.2) is 42.5 Å². The summed E-state index contributed by atoms with van der Waals surface area (Å²) in [6.07, 6.45) is 2.00. The molecule has 2 aromatic carbocycles. The molecule has 0 saturated carbocycles. The molecule has 1 atom stereocenters. The topological polar surface area (TPSA) is 77.1 Å². The highest BCUT2D eigenvalue weighted by Gasteiger charge is 2.29. The fourth-order valence-electron chi connectivity index (χ4n) is 3.91. The van der Waals surface area contributed by atoms with Gasteiger partial charge in [0.25, 0.3) is 0 Å². The molecule has 1 saturated heterocycles. The van der Waals surface area contributed by atoms with E-state index in [1.807, 2.05) is 18.2 Å². The predicted octanol–water partition coefficient (Wildman–Crippen LogP) is 3.02. The standard InChI is InChI=1S/C22H24N2O5/c1-27-22(26)16-5-2-3-6-17(16)23-21(25)14-24-10-4-7-18(24)15-8-9-19-20(13-15)29-12-11-28-19/h2-3,5-6,8-9,13,18H,4,7,10-12,14H2,1H3,(H,23,25)/t18-/m1/s1. The molecule has 0 radical (unpaired) electrons. The summed E-state index contributed by atoms with van der Waals surface area (Å²) in [6, 6.07) is 13.0. The first-order valence-electron chi connectivity index (χ1n) is 9.76. The summed E-state index contributed by atoms with van der Waals surface area (Å²) in [5, 5.41) is 2.85. The van der Waals surface area contributed by atoms with Crippen molar-refractivity contribution in [3.8, 4) is 11.5 Å². The second-order valence-corrected chi connectivity index (χ2v) is 7.12. The summed E-state index contributed by atoms with van der Waals surface area (Å²) in [6.45, 7) is 2.20. The van der Waals surface area contributed by atoms with Crippen molar-refractivity contribution in [3.05, 3.63) is 53.6 Å². The lowest BCUT2D eigenvalue weighted by molar-refractivity contribution is -0.117. The number of likely N-dealkylation sites (tertiary alicyclic amines) is 1. The number of esters is 1. The van der Waals surface area contributed by atoms with E-state index in [2.05, 4.69) is 10.2 Å². The van der Waals surface area contributed by atoms with Gasteiger partial charge < -0.3 is 19.5 Å². The van der Waals surface area contributed by atoms with Crippen LogP contribution in [-0.4, -0.2) is 50.2 Å². The molecule has 2 heterocycles. The van der Waals surface area contributed by atoms with Gasteiger partial charge in [0.15, 0.2) is 11.5 Å². The Morgan fingerprint density at radius 1 is 1.14 bits per heavy atom. The minimum absolute atomic E-state index is 0.146. The Balaban J connectivity index is 1.45. The first-order valence-corrected chi connectivity index (χ1v) is 9.76. The Hall–Kier alpha value is -3.06. The third-order valence-electron chi connectivity index (χ3n) is 5.27. The number of carbonyl (C=O) groups is 2. The lowest BCUT2D eigenvalue weighted by Gasteiger charge is -2.26. The highest BCUT2D eigenvalue weighted by Crippen LogP contribution is 2.37. The number of nitrogens with one attached hydrogen (secondary N) is 1. The van der Waals surface area contributed by atoms with Crippen molar-refractivity contribution in [3.63, 3.8) is 0 Å². The second-order valence-electron chi connectivity index (χ2n) is 7.12. The van der Waals surface area contributed by atoms with Gasteiger partial charge in [-0.2, -0.15) is 0 Å². The molecule has 1 N–H and O–H groups in total. The first-order chi connectivity index (χ1) is 14.2. The monoisotopic (exact) mass is 396 g/mol. The fraction of sp³-hybridized carbons (Fsp3) is 0.364. The predicted molar refractivity (Wildman–Crippen MR) is 107 cm³/mol. The lowest BCUT2D eigenvalue weighted by Crippen LogP contribution is -2.33. The van der Waals surface area contributed by atoms with Crippen LogP contribution in [0.1, 0.15) is 34.8 Å². The SMILES string of the molecule is COC(=O)c1ccccc1NC(=O)CN1CCC[C@@H]1c1ccc2c(c1)OCCO2. The molecule has 7 nitrogen and oxygen atoms in total.